The molecule has 1 aromatic rings. The summed E-state index contributed by atoms with van der Waals surface area (Å²) in [6.45, 7) is -0.566. The number of nitro groups is 1. The summed E-state index contributed by atoms with van der Waals surface area (Å²) in [7, 11) is 0. The normalized spacial score (nSPS) is 11.4. The zero-order valence-electron chi connectivity index (χ0n) is 7.18. The zero-order chi connectivity index (χ0) is 10.6. The predicted molar refractivity (Wildman–Crippen MR) is 56.2 cm³/mol. The first-order valence-corrected chi connectivity index (χ1v) is 4.64. The molecule has 0 atom stereocenters. The van der Waals surface area contributed by atoms with Gasteiger partial charge >= 0.3 is 0 Å². The Bertz CT molecular complexity index is 359. The van der Waals surface area contributed by atoms with Crippen molar-refractivity contribution in [3.05, 3.63) is 50.1 Å². The molecule has 0 aliphatic heterocycles. The lowest BCUT2D eigenvalue weighted by Gasteiger charge is -1.95. The van der Waals surface area contributed by atoms with E-state index >= 15 is 0 Å². The number of aliphatic hydroxyl groups is 1. The Balaban J connectivity index is 2.95. The minimum atomic E-state index is -0.595. The summed E-state index contributed by atoms with van der Waals surface area (Å²) >= 11 is 3.25. The summed E-state index contributed by atoms with van der Waals surface area (Å²) in [6, 6.07) is 7.01. The number of rotatable bonds is 3. The topological polar surface area (TPSA) is 63.4 Å². The van der Waals surface area contributed by atoms with Gasteiger partial charge in [0.2, 0.25) is 0 Å². The third-order valence-electron chi connectivity index (χ3n) is 1.60. The first kappa shape index (κ1) is 10.9. The van der Waals surface area contributed by atoms with Crippen molar-refractivity contribution in [2.75, 3.05) is 6.61 Å². The molecule has 0 aliphatic carbocycles. The Kier molecular flexibility index (Phi) is 3.79. The molecule has 0 aromatic heterocycles. The van der Waals surface area contributed by atoms with E-state index in [2.05, 4.69) is 15.9 Å². The molecule has 1 rings (SSSR count). The van der Waals surface area contributed by atoms with Gasteiger partial charge in [0.05, 0.1) is 4.92 Å². The van der Waals surface area contributed by atoms with Crippen LogP contribution in [0.1, 0.15) is 5.56 Å². The molecule has 74 valence electrons. The van der Waals surface area contributed by atoms with Crippen LogP contribution >= 0.6 is 15.9 Å². The molecule has 0 amide bonds. The van der Waals surface area contributed by atoms with Crippen molar-refractivity contribution in [1.82, 2.24) is 0 Å². The summed E-state index contributed by atoms with van der Waals surface area (Å²) in [5.41, 5.74) is 0.473. The molecule has 0 fully saturated rings. The van der Waals surface area contributed by atoms with Crippen molar-refractivity contribution in [1.29, 1.82) is 0 Å². The minimum Gasteiger partial charge on any atom is -0.385 e. The maximum Gasteiger partial charge on any atom is 0.271 e. The number of hydrogen-bond donors (Lipinski definition) is 1. The molecule has 0 aliphatic rings. The second-order valence-corrected chi connectivity index (χ2v) is 3.52. The van der Waals surface area contributed by atoms with Gasteiger partial charge in [0, 0.05) is 10.5 Å². The maximum absolute atomic E-state index is 10.4. The Morgan fingerprint density at radius 3 is 2.50 bits per heavy atom. The van der Waals surface area contributed by atoms with Gasteiger partial charge in [-0.15, -0.1) is 0 Å². The van der Waals surface area contributed by atoms with E-state index in [4.69, 9.17) is 5.11 Å². The number of nitrogens with zero attached hydrogens (tertiary/aromatic N) is 1. The van der Waals surface area contributed by atoms with Crippen LogP contribution in [0, 0.1) is 10.1 Å². The molecule has 0 spiro atoms. The van der Waals surface area contributed by atoms with Gasteiger partial charge in [0.1, 0.15) is 6.61 Å². The predicted octanol–water partition coefficient (Wildman–Crippen LogP) is 2.06. The molecule has 5 heteroatoms. The summed E-state index contributed by atoms with van der Waals surface area (Å²) in [5.74, 6) is 0. The van der Waals surface area contributed by atoms with E-state index < -0.39 is 11.5 Å². The summed E-state index contributed by atoms with van der Waals surface area (Å²) in [5, 5.41) is 19.1. The number of hydrogen-bond acceptors (Lipinski definition) is 3. The Morgan fingerprint density at radius 2 is 2.07 bits per heavy atom. The second-order valence-electron chi connectivity index (χ2n) is 2.60. The second kappa shape index (κ2) is 4.88. The van der Waals surface area contributed by atoms with Gasteiger partial charge in [0.15, 0.2) is 0 Å². The fraction of sp³-hybridized carbons (Fsp3) is 0.111. The van der Waals surface area contributed by atoms with Crippen LogP contribution in [-0.2, 0) is 0 Å². The minimum absolute atomic E-state index is 0.215. The third kappa shape index (κ3) is 2.93. The molecule has 0 radical (unpaired) electrons. The van der Waals surface area contributed by atoms with Gasteiger partial charge in [0.25, 0.3) is 5.70 Å². The van der Waals surface area contributed by atoms with Crippen molar-refractivity contribution >= 4 is 22.0 Å². The summed E-state index contributed by atoms with van der Waals surface area (Å²) in [6.07, 6.45) is 1.34. The smallest absolute Gasteiger partial charge is 0.271 e. The van der Waals surface area contributed by atoms with Crippen molar-refractivity contribution in [2.24, 2.45) is 0 Å². The zero-order valence-corrected chi connectivity index (χ0v) is 8.77. The molecule has 4 nitrogen and oxygen atoms in total. The number of benzene rings is 1. The average molecular weight is 258 g/mol. The Labute approximate surface area is 89.2 Å². The Morgan fingerprint density at radius 1 is 1.50 bits per heavy atom. The lowest BCUT2D eigenvalue weighted by Crippen LogP contribution is -2.02. The largest absolute Gasteiger partial charge is 0.385 e. The van der Waals surface area contributed by atoms with Gasteiger partial charge in [-0.2, -0.15) is 0 Å². The molecule has 0 heterocycles. The fourth-order valence-corrected chi connectivity index (χ4v) is 1.17. The number of halogens is 1. The lowest BCUT2D eigenvalue weighted by atomic mass is 10.2. The van der Waals surface area contributed by atoms with Crippen LogP contribution in [0.2, 0.25) is 0 Å². The van der Waals surface area contributed by atoms with Gasteiger partial charge in [-0.25, -0.2) is 0 Å². The molecule has 14 heavy (non-hydrogen) atoms. The van der Waals surface area contributed by atoms with Gasteiger partial charge in [-0.1, -0.05) is 28.1 Å². The lowest BCUT2D eigenvalue weighted by molar-refractivity contribution is -0.428. The first-order valence-electron chi connectivity index (χ1n) is 3.85. The molecular weight excluding hydrogens is 250 g/mol. The monoisotopic (exact) mass is 257 g/mol. The van der Waals surface area contributed by atoms with E-state index in [-0.39, 0.29) is 5.70 Å². The summed E-state index contributed by atoms with van der Waals surface area (Å²) in [4.78, 5) is 9.77. The van der Waals surface area contributed by atoms with E-state index in [1.807, 2.05) is 0 Å². The molecule has 1 aromatic carbocycles. The molecular formula is C9H8BrNO3. The highest BCUT2D eigenvalue weighted by Gasteiger charge is 2.07. The van der Waals surface area contributed by atoms with Crippen molar-refractivity contribution < 1.29 is 10.0 Å². The van der Waals surface area contributed by atoms with E-state index in [1.165, 1.54) is 6.08 Å². The van der Waals surface area contributed by atoms with Crippen LogP contribution in [0.3, 0.4) is 0 Å². The fourth-order valence-electron chi connectivity index (χ4n) is 0.907. The highest BCUT2D eigenvalue weighted by atomic mass is 79.9. The Hall–Kier alpha value is -1.20. The van der Waals surface area contributed by atoms with Gasteiger partial charge < -0.3 is 5.11 Å². The number of aliphatic hydroxyl groups excluding tert-OH is 1. The van der Waals surface area contributed by atoms with E-state index in [0.717, 1.165) is 4.47 Å². The van der Waals surface area contributed by atoms with Crippen molar-refractivity contribution in [2.45, 2.75) is 0 Å². The highest BCUT2D eigenvalue weighted by molar-refractivity contribution is 9.10. The van der Waals surface area contributed by atoms with Crippen LogP contribution in [-0.4, -0.2) is 16.6 Å². The maximum atomic E-state index is 10.4. The van der Waals surface area contributed by atoms with E-state index in [9.17, 15) is 10.1 Å². The van der Waals surface area contributed by atoms with Crippen LogP contribution in [0.25, 0.3) is 6.08 Å². The quantitative estimate of drug-likeness (QED) is 0.666. The first-order chi connectivity index (χ1) is 6.63. The van der Waals surface area contributed by atoms with Crippen molar-refractivity contribution in [3.8, 4) is 0 Å². The van der Waals surface area contributed by atoms with Gasteiger partial charge in [-0.05, 0) is 17.7 Å². The molecule has 1 N–H and O–H groups in total. The SMILES string of the molecule is O=[N+]([O-])/C(=C\c1ccc(Br)cc1)CO. The highest BCUT2D eigenvalue weighted by Crippen LogP contribution is 2.13. The van der Waals surface area contributed by atoms with Crippen LogP contribution in [0.4, 0.5) is 0 Å². The van der Waals surface area contributed by atoms with E-state index in [1.54, 1.807) is 24.3 Å². The molecule has 0 saturated carbocycles. The van der Waals surface area contributed by atoms with E-state index in [0.29, 0.717) is 5.56 Å². The van der Waals surface area contributed by atoms with Crippen LogP contribution in [0.15, 0.2) is 34.4 Å². The molecule has 0 saturated heterocycles. The van der Waals surface area contributed by atoms with Gasteiger partial charge in [-0.3, -0.25) is 10.1 Å². The standard InChI is InChI=1S/C9H8BrNO3/c10-8-3-1-7(2-4-8)5-9(6-12)11(13)14/h1-5,12H,6H2/b9-5-. The third-order valence-corrected chi connectivity index (χ3v) is 2.13. The molecule has 0 bridgehead atoms. The summed E-state index contributed by atoms with van der Waals surface area (Å²) < 4.78 is 0.904. The van der Waals surface area contributed by atoms with Crippen LogP contribution in [0.5, 0.6) is 0 Å². The van der Waals surface area contributed by atoms with Crippen LogP contribution < -0.4 is 0 Å². The van der Waals surface area contributed by atoms with Crippen molar-refractivity contribution in [3.63, 3.8) is 0 Å². The molecule has 0 unspecified atom stereocenters. The average Bonchev–Trinajstić information content (AvgIpc) is 2.16.